The summed E-state index contributed by atoms with van der Waals surface area (Å²) >= 11 is 0. The largest absolute Gasteiger partial charge is 0.516 e. The van der Waals surface area contributed by atoms with Gasteiger partial charge in [-0.1, -0.05) is 12.1 Å². The average molecular weight is 668 g/mol. The Bertz CT molecular complexity index is 1780. The SMILES string of the molecule is C[C@@H]1c2c([nH]c3nnc(-c4ccccc4O)cc23)CCN1c1ncc(C2CCN(CCC3CC[N+](C)(C(=O)OC(C)(C)C)CC3)CC2)cn1. The summed E-state index contributed by atoms with van der Waals surface area (Å²) in [5, 5.41) is 20.3. The molecular formula is C38H51N8O3+. The molecule has 3 aliphatic heterocycles. The second-order valence-electron chi connectivity index (χ2n) is 15.6. The second-order valence-corrected chi connectivity index (χ2v) is 15.6. The second kappa shape index (κ2) is 13.3. The number of benzene rings is 1. The number of para-hydroxylation sites is 1. The molecule has 1 aromatic carbocycles. The van der Waals surface area contributed by atoms with E-state index < -0.39 is 5.60 Å². The molecule has 11 heteroatoms. The van der Waals surface area contributed by atoms with Crippen molar-refractivity contribution >= 4 is 23.1 Å². The molecule has 3 aromatic heterocycles. The third-order valence-corrected chi connectivity index (χ3v) is 11.1. The fraction of sp³-hybridized carbons (Fsp3) is 0.553. The first-order valence-electron chi connectivity index (χ1n) is 18.0. The zero-order valence-corrected chi connectivity index (χ0v) is 29.7. The number of anilines is 1. The van der Waals surface area contributed by atoms with Crippen LogP contribution in [0.2, 0.25) is 0 Å². The van der Waals surface area contributed by atoms with Crippen LogP contribution < -0.4 is 4.90 Å². The lowest BCUT2D eigenvalue weighted by atomic mass is 9.89. The zero-order chi connectivity index (χ0) is 34.3. The molecule has 0 aliphatic carbocycles. The third-order valence-electron chi connectivity index (χ3n) is 11.1. The molecule has 11 nitrogen and oxygen atoms in total. The van der Waals surface area contributed by atoms with Crippen LogP contribution >= 0.6 is 0 Å². The van der Waals surface area contributed by atoms with Crippen LogP contribution in [0.15, 0.2) is 42.7 Å². The Morgan fingerprint density at radius 3 is 2.45 bits per heavy atom. The molecule has 1 atom stereocenters. The van der Waals surface area contributed by atoms with Crippen molar-refractivity contribution in [2.75, 3.05) is 51.2 Å². The van der Waals surface area contributed by atoms with Crippen LogP contribution in [-0.4, -0.2) is 97.6 Å². The summed E-state index contributed by atoms with van der Waals surface area (Å²) in [6.07, 6.45) is 10.5. The number of nitrogens with zero attached hydrogens (tertiary/aromatic N) is 7. The molecule has 0 saturated carbocycles. The van der Waals surface area contributed by atoms with Crippen LogP contribution in [-0.2, 0) is 11.2 Å². The summed E-state index contributed by atoms with van der Waals surface area (Å²) in [6, 6.07) is 9.32. The Labute approximate surface area is 289 Å². The maximum absolute atomic E-state index is 12.8. The fourth-order valence-electron chi connectivity index (χ4n) is 7.99. The Hall–Kier alpha value is -4.09. The van der Waals surface area contributed by atoms with Gasteiger partial charge < -0.3 is 24.6 Å². The number of nitrogens with one attached hydrogen (secondary N) is 1. The Kier molecular flexibility index (Phi) is 9.08. The van der Waals surface area contributed by atoms with Crippen molar-refractivity contribution in [1.29, 1.82) is 0 Å². The number of fused-ring (bicyclic) bond motifs is 3. The van der Waals surface area contributed by atoms with E-state index in [0.29, 0.717) is 27.6 Å². The maximum atomic E-state index is 12.8. The molecule has 0 radical (unpaired) electrons. The fourth-order valence-corrected chi connectivity index (χ4v) is 7.99. The Morgan fingerprint density at radius 2 is 1.76 bits per heavy atom. The minimum atomic E-state index is -0.442. The highest BCUT2D eigenvalue weighted by Crippen LogP contribution is 2.39. The molecule has 7 rings (SSSR count). The molecule has 0 bridgehead atoms. The highest BCUT2D eigenvalue weighted by molar-refractivity contribution is 5.86. The molecule has 260 valence electrons. The first kappa shape index (κ1) is 33.4. The van der Waals surface area contributed by atoms with Gasteiger partial charge in [0.1, 0.15) is 11.4 Å². The average Bonchev–Trinajstić information content (AvgIpc) is 3.47. The van der Waals surface area contributed by atoms with E-state index in [1.54, 1.807) is 6.07 Å². The van der Waals surface area contributed by atoms with Crippen LogP contribution in [0.5, 0.6) is 5.75 Å². The minimum absolute atomic E-state index is 0.0576. The molecule has 2 fully saturated rings. The Balaban J connectivity index is 0.925. The number of carbonyl (C=O) groups excluding carboxylic acids is 1. The van der Waals surface area contributed by atoms with Gasteiger partial charge in [0.15, 0.2) is 5.65 Å². The molecule has 3 aliphatic rings. The quantitative estimate of drug-likeness (QED) is 0.219. The predicted molar refractivity (Wildman–Crippen MR) is 190 cm³/mol. The number of likely N-dealkylation sites (tertiary alicyclic amines) is 2. The van der Waals surface area contributed by atoms with Crippen LogP contribution in [0.1, 0.15) is 88.6 Å². The van der Waals surface area contributed by atoms with E-state index in [1.165, 1.54) is 23.2 Å². The van der Waals surface area contributed by atoms with E-state index in [2.05, 4.69) is 31.9 Å². The van der Waals surface area contributed by atoms with E-state index in [0.717, 1.165) is 88.4 Å². The molecule has 1 amide bonds. The van der Waals surface area contributed by atoms with Crippen LogP contribution in [0.4, 0.5) is 10.7 Å². The summed E-state index contributed by atoms with van der Waals surface area (Å²) in [5.74, 6) is 2.11. The summed E-state index contributed by atoms with van der Waals surface area (Å²) < 4.78 is 6.10. The monoisotopic (exact) mass is 667 g/mol. The molecule has 49 heavy (non-hydrogen) atoms. The first-order chi connectivity index (χ1) is 23.5. The highest BCUT2D eigenvalue weighted by atomic mass is 16.6. The van der Waals surface area contributed by atoms with Gasteiger partial charge >= 0.3 is 6.09 Å². The molecular weight excluding hydrogens is 616 g/mol. The van der Waals surface area contributed by atoms with E-state index in [4.69, 9.17) is 14.7 Å². The van der Waals surface area contributed by atoms with Crippen molar-refractivity contribution in [2.45, 2.75) is 83.8 Å². The van der Waals surface area contributed by atoms with Crippen LogP contribution in [0.3, 0.4) is 0 Å². The van der Waals surface area contributed by atoms with Gasteiger partial charge in [-0.3, -0.25) is 0 Å². The van der Waals surface area contributed by atoms with Crippen molar-refractivity contribution < 1.29 is 19.1 Å². The topological polar surface area (TPSA) is 120 Å². The van der Waals surface area contributed by atoms with Crippen molar-refractivity contribution in [3.63, 3.8) is 0 Å². The lowest BCUT2D eigenvalue weighted by Crippen LogP contribution is -2.55. The van der Waals surface area contributed by atoms with Gasteiger partial charge in [-0.2, -0.15) is 4.79 Å². The maximum Gasteiger partial charge on any atom is 0.516 e. The van der Waals surface area contributed by atoms with Gasteiger partial charge in [0.05, 0.1) is 31.9 Å². The van der Waals surface area contributed by atoms with Crippen LogP contribution in [0.25, 0.3) is 22.3 Å². The Morgan fingerprint density at radius 1 is 1.04 bits per heavy atom. The third kappa shape index (κ3) is 7.01. The van der Waals surface area contributed by atoms with Gasteiger partial charge in [0, 0.05) is 60.4 Å². The number of amides is 1. The van der Waals surface area contributed by atoms with Crippen molar-refractivity contribution in [2.24, 2.45) is 5.92 Å². The van der Waals surface area contributed by atoms with Gasteiger partial charge in [-0.25, -0.2) is 14.5 Å². The minimum Gasteiger partial charge on any atom is -0.507 e. The van der Waals surface area contributed by atoms with Crippen molar-refractivity contribution in [3.05, 3.63) is 59.5 Å². The number of phenolic OH excluding ortho intramolecular Hbond substituents is 1. The molecule has 2 N–H and O–H groups in total. The lowest BCUT2D eigenvalue weighted by molar-refractivity contribution is -0.845. The number of H-pyrrole nitrogens is 1. The zero-order valence-electron chi connectivity index (χ0n) is 29.7. The molecule has 0 unspecified atom stereocenters. The standard InChI is InChI=1S/C38H50N8O3/c1-25-34-30-22-32(29-8-6-7-9-33(29)47)42-43-35(30)41-31(34)13-19-45(25)36-39-23-28(24-40-36)27-11-17-44(18-12-27)16-10-26-14-20-46(5,21-15-26)37(48)49-38(2,3)4/h6-9,22-27H,10-21H2,1-5H3,(H-,41,42,43,47)/p+1/t25-,26?,46?/m1/s1. The number of aromatic nitrogens is 5. The van der Waals surface area contributed by atoms with Crippen LogP contribution in [0, 0.1) is 5.92 Å². The number of aromatic hydroxyl groups is 1. The van der Waals surface area contributed by atoms with Gasteiger partial charge in [-0.05, 0) is 102 Å². The normalized spacial score (nSPS) is 23.8. The number of aromatic amines is 1. The summed E-state index contributed by atoms with van der Waals surface area (Å²) in [4.78, 5) is 30.9. The number of hydrogen-bond acceptors (Lipinski definition) is 9. The lowest BCUT2D eigenvalue weighted by Gasteiger charge is -2.39. The highest BCUT2D eigenvalue weighted by Gasteiger charge is 2.40. The van der Waals surface area contributed by atoms with Gasteiger partial charge in [0.2, 0.25) is 5.95 Å². The number of hydrogen-bond donors (Lipinski definition) is 2. The van der Waals surface area contributed by atoms with E-state index in [1.807, 2.05) is 64.5 Å². The number of rotatable bonds is 6. The van der Waals surface area contributed by atoms with Crippen molar-refractivity contribution in [3.8, 4) is 17.0 Å². The summed E-state index contributed by atoms with van der Waals surface area (Å²) in [5.41, 5.74) is 5.24. The summed E-state index contributed by atoms with van der Waals surface area (Å²) in [6.45, 7) is 13.9. The number of carbonyl (C=O) groups is 1. The smallest absolute Gasteiger partial charge is 0.507 e. The van der Waals surface area contributed by atoms with E-state index >= 15 is 0 Å². The van der Waals surface area contributed by atoms with E-state index in [-0.39, 0.29) is 17.9 Å². The van der Waals surface area contributed by atoms with Crippen molar-refractivity contribution in [1.82, 2.24) is 30.0 Å². The predicted octanol–water partition coefficient (Wildman–Crippen LogP) is 6.61. The van der Waals surface area contributed by atoms with Gasteiger partial charge in [0.25, 0.3) is 0 Å². The molecule has 4 aromatic rings. The number of phenols is 1. The summed E-state index contributed by atoms with van der Waals surface area (Å²) in [7, 11) is 2.03. The molecule has 6 heterocycles. The van der Waals surface area contributed by atoms with E-state index in [9.17, 15) is 9.90 Å². The van der Waals surface area contributed by atoms with Gasteiger partial charge in [-0.15, -0.1) is 10.2 Å². The first-order valence-corrected chi connectivity index (χ1v) is 18.0. The number of quaternary nitrogens is 1. The number of ether oxygens (including phenoxy) is 1. The molecule has 2 saturated heterocycles. The number of piperidine rings is 2. The molecule has 0 spiro atoms.